The van der Waals surface area contributed by atoms with Crippen molar-refractivity contribution < 1.29 is 19.1 Å². The zero-order valence-electron chi connectivity index (χ0n) is 16.7. The van der Waals surface area contributed by atoms with Gasteiger partial charge in [-0.1, -0.05) is 60.1 Å². The van der Waals surface area contributed by atoms with Crippen molar-refractivity contribution in [3.05, 3.63) is 83.4 Å². The van der Waals surface area contributed by atoms with E-state index in [1.54, 1.807) is 43.5 Å². The molecule has 30 heavy (non-hydrogen) atoms. The predicted octanol–water partition coefficient (Wildman–Crippen LogP) is 5.19. The Morgan fingerprint density at radius 2 is 1.67 bits per heavy atom. The summed E-state index contributed by atoms with van der Waals surface area (Å²) in [6.07, 6.45) is -0.0390. The minimum absolute atomic E-state index is 0.0390. The first-order valence-electron chi connectivity index (χ1n) is 9.43. The maximum absolute atomic E-state index is 12.6. The maximum Gasteiger partial charge on any atom is 0.313 e. The van der Waals surface area contributed by atoms with Crippen LogP contribution in [0.5, 0.6) is 11.5 Å². The SMILES string of the molecule is COc1ccc(C(CC(=O)Oc2ccc(-c3ccccc3)cc2Cl)NC(C)=O)cc1. The Hall–Kier alpha value is -3.31. The van der Waals surface area contributed by atoms with Crippen LogP contribution in [0.25, 0.3) is 11.1 Å². The summed E-state index contributed by atoms with van der Waals surface area (Å²) in [5, 5.41) is 3.12. The van der Waals surface area contributed by atoms with Crippen LogP contribution in [0.15, 0.2) is 72.8 Å². The fraction of sp³-hybridized carbons (Fsp3) is 0.167. The Morgan fingerprint density at radius 3 is 2.27 bits per heavy atom. The molecule has 3 aromatic carbocycles. The fourth-order valence-electron chi connectivity index (χ4n) is 3.06. The zero-order chi connectivity index (χ0) is 21.5. The first kappa shape index (κ1) is 21.4. The lowest BCUT2D eigenvalue weighted by molar-refractivity contribution is -0.135. The fourth-order valence-corrected chi connectivity index (χ4v) is 3.28. The second kappa shape index (κ2) is 9.94. The van der Waals surface area contributed by atoms with Crippen LogP contribution >= 0.6 is 11.6 Å². The number of hydrogen-bond acceptors (Lipinski definition) is 4. The van der Waals surface area contributed by atoms with Crippen molar-refractivity contribution in [3.63, 3.8) is 0 Å². The molecule has 0 aliphatic rings. The summed E-state index contributed by atoms with van der Waals surface area (Å²) in [6.45, 7) is 1.40. The highest BCUT2D eigenvalue weighted by Gasteiger charge is 2.19. The van der Waals surface area contributed by atoms with Crippen LogP contribution in [0.4, 0.5) is 0 Å². The zero-order valence-corrected chi connectivity index (χ0v) is 17.5. The smallest absolute Gasteiger partial charge is 0.313 e. The van der Waals surface area contributed by atoms with Gasteiger partial charge in [-0.2, -0.15) is 0 Å². The Kier molecular flexibility index (Phi) is 7.09. The third-order valence-corrected chi connectivity index (χ3v) is 4.82. The first-order valence-corrected chi connectivity index (χ1v) is 9.81. The summed E-state index contributed by atoms with van der Waals surface area (Å²) in [7, 11) is 1.57. The largest absolute Gasteiger partial charge is 0.497 e. The molecule has 0 aliphatic carbocycles. The highest BCUT2D eigenvalue weighted by molar-refractivity contribution is 6.32. The topological polar surface area (TPSA) is 64.6 Å². The van der Waals surface area contributed by atoms with Crippen molar-refractivity contribution in [3.8, 4) is 22.6 Å². The number of carbonyl (C=O) groups excluding carboxylic acids is 2. The molecule has 0 aliphatic heterocycles. The highest BCUT2D eigenvalue weighted by atomic mass is 35.5. The van der Waals surface area contributed by atoms with E-state index < -0.39 is 12.0 Å². The van der Waals surface area contributed by atoms with E-state index in [-0.39, 0.29) is 18.1 Å². The Bertz CT molecular complexity index is 1020. The summed E-state index contributed by atoms with van der Waals surface area (Å²) in [5.41, 5.74) is 2.71. The number of amides is 1. The standard InChI is InChI=1S/C24H22ClNO4/c1-16(27)26-22(18-8-11-20(29-2)12-9-18)15-24(28)30-23-13-10-19(14-21(23)25)17-6-4-3-5-7-17/h3-14,22H,15H2,1-2H3,(H,26,27). The van der Waals surface area contributed by atoms with Gasteiger partial charge in [0.05, 0.1) is 24.6 Å². The van der Waals surface area contributed by atoms with Crippen molar-refractivity contribution in [1.82, 2.24) is 5.32 Å². The number of halogens is 1. The molecule has 5 nitrogen and oxygen atoms in total. The average molecular weight is 424 g/mol. The van der Waals surface area contributed by atoms with Crippen LogP contribution in [0, 0.1) is 0 Å². The number of methoxy groups -OCH3 is 1. The number of benzene rings is 3. The number of rotatable bonds is 7. The monoisotopic (exact) mass is 423 g/mol. The molecule has 1 atom stereocenters. The van der Waals surface area contributed by atoms with Crippen LogP contribution in [0.2, 0.25) is 5.02 Å². The molecule has 0 heterocycles. The van der Waals surface area contributed by atoms with Crippen LogP contribution in [0.1, 0.15) is 24.9 Å². The lowest BCUT2D eigenvalue weighted by atomic mass is 10.0. The van der Waals surface area contributed by atoms with E-state index in [9.17, 15) is 9.59 Å². The van der Waals surface area contributed by atoms with Gasteiger partial charge in [-0.05, 0) is 41.0 Å². The van der Waals surface area contributed by atoms with Gasteiger partial charge in [-0.25, -0.2) is 0 Å². The molecule has 154 valence electrons. The molecular weight excluding hydrogens is 402 g/mol. The van der Waals surface area contributed by atoms with Crippen LogP contribution in [0.3, 0.4) is 0 Å². The van der Waals surface area contributed by atoms with Gasteiger partial charge in [0.2, 0.25) is 5.91 Å². The lowest BCUT2D eigenvalue weighted by Gasteiger charge is -2.18. The van der Waals surface area contributed by atoms with Crippen molar-refractivity contribution >= 4 is 23.5 Å². The summed E-state index contributed by atoms with van der Waals surface area (Å²) in [6, 6.07) is 21.7. The molecule has 0 bridgehead atoms. The van der Waals surface area contributed by atoms with Gasteiger partial charge in [0.1, 0.15) is 11.5 Å². The highest BCUT2D eigenvalue weighted by Crippen LogP contribution is 2.31. The van der Waals surface area contributed by atoms with E-state index in [1.165, 1.54) is 6.92 Å². The second-order valence-electron chi connectivity index (χ2n) is 6.72. The molecule has 3 aromatic rings. The molecule has 0 fully saturated rings. The lowest BCUT2D eigenvalue weighted by Crippen LogP contribution is -2.29. The van der Waals surface area contributed by atoms with Gasteiger partial charge in [-0.3, -0.25) is 9.59 Å². The normalized spacial score (nSPS) is 11.4. The van der Waals surface area contributed by atoms with Crippen molar-refractivity contribution in [2.75, 3.05) is 7.11 Å². The number of esters is 1. The van der Waals surface area contributed by atoms with Crippen LogP contribution in [-0.4, -0.2) is 19.0 Å². The number of hydrogen-bond donors (Lipinski definition) is 1. The molecule has 0 saturated carbocycles. The number of carbonyl (C=O) groups is 2. The van der Waals surface area contributed by atoms with Crippen molar-refractivity contribution in [2.45, 2.75) is 19.4 Å². The third kappa shape index (κ3) is 5.61. The molecule has 3 rings (SSSR count). The second-order valence-corrected chi connectivity index (χ2v) is 7.12. The van der Waals surface area contributed by atoms with E-state index in [4.69, 9.17) is 21.1 Å². The first-order chi connectivity index (χ1) is 14.5. The number of nitrogens with one attached hydrogen (secondary N) is 1. The van der Waals surface area contributed by atoms with Gasteiger partial charge in [0, 0.05) is 6.92 Å². The Labute approximate surface area is 180 Å². The molecule has 1 unspecified atom stereocenters. The quantitative estimate of drug-likeness (QED) is 0.419. The van der Waals surface area contributed by atoms with Crippen molar-refractivity contribution in [2.24, 2.45) is 0 Å². The summed E-state index contributed by atoms with van der Waals surface area (Å²) in [5.74, 6) is 0.221. The van der Waals surface area contributed by atoms with Gasteiger partial charge in [0.15, 0.2) is 0 Å². The molecule has 6 heteroatoms. The molecule has 1 N–H and O–H groups in total. The van der Waals surface area contributed by atoms with E-state index in [0.717, 1.165) is 16.7 Å². The maximum atomic E-state index is 12.6. The average Bonchev–Trinajstić information content (AvgIpc) is 2.75. The minimum Gasteiger partial charge on any atom is -0.497 e. The van der Waals surface area contributed by atoms with Gasteiger partial charge in [0.25, 0.3) is 0 Å². The molecule has 0 saturated heterocycles. The summed E-state index contributed by atoms with van der Waals surface area (Å²) in [4.78, 5) is 24.2. The molecular formula is C24H22ClNO4. The van der Waals surface area contributed by atoms with E-state index in [0.29, 0.717) is 10.8 Å². The third-order valence-electron chi connectivity index (χ3n) is 4.53. The Morgan fingerprint density at radius 1 is 0.967 bits per heavy atom. The van der Waals surface area contributed by atoms with E-state index in [2.05, 4.69) is 5.32 Å². The summed E-state index contributed by atoms with van der Waals surface area (Å²) >= 11 is 6.33. The minimum atomic E-state index is -0.525. The summed E-state index contributed by atoms with van der Waals surface area (Å²) < 4.78 is 10.6. The van der Waals surface area contributed by atoms with Crippen molar-refractivity contribution in [1.29, 1.82) is 0 Å². The molecule has 0 radical (unpaired) electrons. The van der Waals surface area contributed by atoms with E-state index >= 15 is 0 Å². The number of ether oxygens (including phenoxy) is 2. The van der Waals surface area contributed by atoms with E-state index in [1.807, 2.05) is 36.4 Å². The molecule has 0 spiro atoms. The van der Waals surface area contributed by atoms with Crippen LogP contribution < -0.4 is 14.8 Å². The molecule has 0 aromatic heterocycles. The predicted molar refractivity (Wildman–Crippen MR) is 117 cm³/mol. The van der Waals surface area contributed by atoms with Gasteiger partial charge < -0.3 is 14.8 Å². The van der Waals surface area contributed by atoms with Crippen LogP contribution in [-0.2, 0) is 9.59 Å². The Balaban J connectivity index is 1.72. The van der Waals surface area contributed by atoms with Gasteiger partial charge in [-0.15, -0.1) is 0 Å². The van der Waals surface area contributed by atoms with Gasteiger partial charge >= 0.3 is 5.97 Å². The molecule has 1 amide bonds.